The van der Waals surface area contributed by atoms with Crippen molar-refractivity contribution in [2.45, 2.75) is 6.61 Å². The number of benzene rings is 1. The molecule has 0 radical (unpaired) electrons. The van der Waals surface area contributed by atoms with Crippen LogP contribution in [0.25, 0.3) is 0 Å². The lowest BCUT2D eigenvalue weighted by Crippen LogP contribution is -2.00. The van der Waals surface area contributed by atoms with Crippen LogP contribution in [0.3, 0.4) is 0 Å². The summed E-state index contributed by atoms with van der Waals surface area (Å²) in [5.74, 6) is 0. The van der Waals surface area contributed by atoms with E-state index in [1.807, 2.05) is 30.3 Å². The largest absolute Gasteiger partial charge is 0.287 e. The predicted molar refractivity (Wildman–Crippen MR) is 43.4 cm³/mol. The van der Waals surface area contributed by atoms with E-state index >= 15 is 0 Å². The van der Waals surface area contributed by atoms with Crippen molar-refractivity contribution >= 4 is 12.8 Å². The van der Waals surface area contributed by atoms with Gasteiger partial charge in [0.2, 0.25) is 0 Å². The zero-order valence-electron chi connectivity index (χ0n) is 5.45. The van der Waals surface area contributed by atoms with Crippen molar-refractivity contribution in [2.75, 3.05) is 0 Å². The monoisotopic (exact) mass is 155 g/mol. The Kier molecular flexibility index (Phi) is 3.29. The summed E-state index contributed by atoms with van der Waals surface area (Å²) < 4.78 is 0. The predicted octanol–water partition coefficient (Wildman–Crippen LogP) is 1.55. The first-order valence-corrected chi connectivity index (χ1v) is 3.43. The van der Waals surface area contributed by atoms with Gasteiger partial charge in [-0.3, -0.25) is 4.84 Å². The summed E-state index contributed by atoms with van der Waals surface area (Å²) in [6, 6.07) is 9.89. The first-order chi connectivity index (χ1) is 4.93. The molecule has 54 valence electrons. The highest BCUT2D eigenvalue weighted by atomic mass is 32.1. The van der Waals surface area contributed by atoms with E-state index in [4.69, 9.17) is 4.84 Å². The lowest BCUT2D eigenvalue weighted by Gasteiger charge is -1.98. The molecule has 0 heterocycles. The van der Waals surface area contributed by atoms with E-state index in [1.54, 1.807) is 0 Å². The highest BCUT2D eigenvalue weighted by molar-refractivity contribution is 7.77. The van der Waals surface area contributed by atoms with E-state index in [9.17, 15) is 0 Å². The van der Waals surface area contributed by atoms with Crippen LogP contribution in [0.15, 0.2) is 30.3 Å². The highest BCUT2D eigenvalue weighted by Crippen LogP contribution is 1.98. The van der Waals surface area contributed by atoms with E-state index in [0.29, 0.717) is 6.61 Å². The van der Waals surface area contributed by atoms with Crippen molar-refractivity contribution in [2.24, 2.45) is 0 Å². The molecule has 10 heavy (non-hydrogen) atoms. The summed E-state index contributed by atoms with van der Waals surface area (Å²) in [7, 11) is 0. The van der Waals surface area contributed by atoms with Crippen LogP contribution in [0.1, 0.15) is 5.56 Å². The van der Waals surface area contributed by atoms with Crippen molar-refractivity contribution in [3.05, 3.63) is 35.9 Å². The number of nitrogens with one attached hydrogen (secondary N) is 1. The van der Waals surface area contributed by atoms with E-state index in [2.05, 4.69) is 17.7 Å². The van der Waals surface area contributed by atoms with Gasteiger partial charge < -0.3 is 0 Å². The molecule has 1 N–H and O–H groups in total. The van der Waals surface area contributed by atoms with Gasteiger partial charge in [-0.05, 0) is 5.56 Å². The average molecular weight is 155 g/mol. The van der Waals surface area contributed by atoms with Gasteiger partial charge in [-0.25, -0.2) is 0 Å². The molecule has 1 aromatic rings. The molecule has 0 aromatic heterocycles. The molecule has 0 fully saturated rings. The number of hydrogen-bond donors (Lipinski definition) is 2. The lowest BCUT2D eigenvalue weighted by atomic mass is 10.2. The van der Waals surface area contributed by atoms with E-state index in [-0.39, 0.29) is 0 Å². The summed E-state index contributed by atoms with van der Waals surface area (Å²) in [5, 5.41) is 0. The van der Waals surface area contributed by atoms with Gasteiger partial charge >= 0.3 is 0 Å². The molecule has 0 saturated heterocycles. The standard InChI is InChI=1S/C7H9NOS/c10-8-9-6-7-4-2-1-3-5-7/h1-5,8,10H,6H2. The van der Waals surface area contributed by atoms with Crippen LogP contribution in [0.5, 0.6) is 0 Å². The molecule has 1 aromatic carbocycles. The zero-order chi connectivity index (χ0) is 7.23. The molecule has 0 aliphatic heterocycles. The minimum Gasteiger partial charge on any atom is -0.287 e. The van der Waals surface area contributed by atoms with E-state index in [0.717, 1.165) is 5.56 Å². The minimum atomic E-state index is 0.546. The van der Waals surface area contributed by atoms with Crippen molar-refractivity contribution in [3.63, 3.8) is 0 Å². The number of thiol groups is 1. The Hall–Kier alpha value is -0.510. The van der Waals surface area contributed by atoms with Gasteiger partial charge in [0.25, 0.3) is 0 Å². The van der Waals surface area contributed by atoms with Crippen LogP contribution in [0.2, 0.25) is 0 Å². The SMILES string of the molecule is SNOCc1ccccc1. The van der Waals surface area contributed by atoms with Crippen LogP contribution in [-0.2, 0) is 11.4 Å². The zero-order valence-corrected chi connectivity index (χ0v) is 6.34. The fraction of sp³-hybridized carbons (Fsp3) is 0.143. The Morgan fingerprint density at radius 1 is 1.30 bits per heavy atom. The molecule has 0 aliphatic rings. The maximum absolute atomic E-state index is 4.83. The second-order valence-corrected chi connectivity index (χ2v) is 2.05. The van der Waals surface area contributed by atoms with Crippen LogP contribution in [0.4, 0.5) is 0 Å². The topological polar surface area (TPSA) is 21.3 Å². The average Bonchev–Trinajstić information content (AvgIpc) is 2.03. The van der Waals surface area contributed by atoms with Gasteiger partial charge in [-0.15, -0.1) is 4.89 Å². The smallest absolute Gasteiger partial charge is 0.0943 e. The number of hydrogen-bond acceptors (Lipinski definition) is 3. The first-order valence-electron chi connectivity index (χ1n) is 2.98. The maximum atomic E-state index is 4.83. The molecule has 0 unspecified atom stereocenters. The molecule has 0 atom stereocenters. The van der Waals surface area contributed by atoms with Gasteiger partial charge in [0.15, 0.2) is 0 Å². The Balaban J connectivity index is 2.43. The maximum Gasteiger partial charge on any atom is 0.0943 e. The second kappa shape index (κ2) is 4.33. The Labute approximate surface area is 65.7 Å². The summed E-state index contributed by atoms with van der Waals surface area (Å²) in [4.78, 5) is 7.14. The van der Waals surface area contributed by atoms with Crippen molar-refractivity contribution in [1.82, 2.24) is 4.89 Å². The molecule has 1 rings (SSSR count). The lowest BCUT2D eigenvalue weighted by molar-refractivity contribution is 0.0887. The molecular formula is C7H9NOS. The first kappa shape index (κ1) is 7.60. The van der Waals surface area contributed by atoms with E-state index < -0.39 is 0 Å². The Bertz CT molecular complexity index is 178. The van der Waals surface area contributed by atoms with Crippen molar-refractivity contribution in [1.29, 1.82) is 0 Å². The molecule has 0 saturated carbocycles. The highest BCUT2D eigenvalue weighted by Gasteiger charge is 1.87. The molecule has 2 nitrogen and oxygen atoms in total. The summed E-state index contributed by atoms with van der Waals surface area (Å²) in [6.07, 6.45) is 0. The van der Waals surface area contributed by atoms with Crippen LogP contribution >= 0.6 is 12.8 Å². The van der Waals surface area contributed by atoms with E-state index in [1.165, 1.54) is 0 Å². The van der Waals surface area contributed by atoms with Gasteiger partial charge in [0, 0.05) is 0 Å². The quantitative estimate of drug-likeness (QED) is 0.510. The fourth-order valence-corrected chi connectivity index (χ4v) is 0.754. The van der Waals surface area contributed by atoms with Gasteiger partial charge in [0.1, 0.15) is 0 Å². The molecular weight excluding hydrogens is 146 g/mol. The van der Waals surface area contributed by atoms with Gasteiger partial charge in [-0.2, -0.15) is 0 Å². The summed E-state index contributed by atoms with van der Waals surface area (Å²) in [5.41, 5.74) is 1.13. The Morgan fingerprint density at radius 3 is 2.60 bits per heavy atom. The fourth-order valence-electron chi connectivity index (χ4n) is 0.690. The van der Waals surface area contributed by atoms with Crippen LogP contribution in [0, 0.1) is 0 Å². The van der Waals surface area contributed by atoms with Gasteiger partial charge in [-0.1, -0.05) is 43.1 Å². The molecule has 0 spiro atoms. The summed E-state index contributed by atoms with van der Waals surface area (Å²) in [6.45, 7) is 0.546. The Morgan fingerprint density at radius 2 is 2.00 bits per heavy atom. The van der Waals surface area contributed by atoms with Crippen LogP contribution < -0.4 is 4.89 Å². The third-order valence-corrected chi connectivity index (χ3v) is 1.28. The van der Waals surface area contributed by atoms with Crippen LogP contribution in [-0.4, -0.2) is 0 Å². The number of rotatable bonds is 3. The van der Waals surface area contributed by atoms with Crippen molar-refractivity contribution < 1.29 is 4.84 Å². The second-order valence-electron chi connectivity index (χ2n) is 1.87. The molecule has 3 heteroatoms. The molecule has 0 bridgehead atoms. The molecule has 0 aliphatic carbocycles. The normalized spacial score (nSPS) is 9.70. The summed E-state index contributed by atoms with van der Waals surface area (Å²) >= 11 is 3.68. The molecule has 0 amide bonds. The minimum absolute atomic E-state index is 0.546. The third kappa shape index (κ3) is 2.39. The third-order valence-electron chi connectivity index (χ3n) is 1.15. The van der Waals surface area contributed by atoms with Gasteiger partial charge in [0.05, 0.1) is 6.61 Å². The van der Waals surface area contributed by atoms with Crippen molar-refractivity contribution in [3.8, 4) is 0 Å².